The molecule has 1 aliphatic rings. The van der Waals surface area contributed by atoms with E-state index in [-0.39, 0.29) is 5.69 Å². The molecular formula is C15H17N3O3. The fourth-order valence-corrected chi connectivity index (χ4v) is 2.41. The van der Waals surface area contributed by atoms with Crippen molar-refractivity contribution in [1.82, 2.24) is 15.4 Å². The largest absolute Gasteiger partial charge is 0.476 e. The molecular weight excluding hydrogens is 270 g/mol. The fraction of sp³-hybridized carbons (Fsp3) is 0.333. The van der Waals surface area contributed by atoms with Gasteiger partial charge >= 0.3 is 5.97 Å². The number of hydrogen-bond acceptors (Lipinski definition) is 5. The molecule has 2 heterocycles. The Hall–Kier alpha value is -2.18. The van der Waals surface area contributed by atoms with Crippen LogP contribution in [0.2, 0.25) is 0 Å². The first kappa shape index (κ1) is 13.8. The zero-order valence-corrected chi connectivity index (χ0v) is 11.6. The maximum Gasteiger partial charge on any atom is 0.358 e. The van der Waals surface area contributed by atoms with Crippen molar-refractivity contribution in [2.45, 2.75) is 6.54 Å². The molecule has 0 radical (unpaired) electrons. The van der Waals surface area contributed by atoms with E-state index in [1.807, 2.05) is 24.3 Å². The molecule has 2 aromatic rings. The van der Waals surface area contributed by atoms with Gasteiger partial charge in [0.05, 0.1) is 0 Å². The summed E-state index contributed by atoms with van der Waals surface area (Å²) in [5, 5.41) is 15.7. The summed E-state index contributed by atoms with van der Waals surface area (Å²) in [6, 6.07) is 9.39. The predicted molar refractivity (Wildman–Crippen MR) is 77.0 cm³/mol. The van der Waals surface area contributed by atoms with Crippen LogP contribution in [0.1, 0.15) is 16.1 Å². The Balaban J connectivity index is 1.69. The molecule has 1 fully saturated rings. The maximum atomic E-state index is 10.8. The number of carboxylic acids is 1. The Kier molecular flexibility index (Phi) is 3.98. The van der Waals surface area contributed by atoms with Gasteiger partial charge in [0, 0.05) is 44.4 Å². The Morgan fingerprint density at radius 3 is 2.62 bits per heavy atom. The van der Waals surface area contributed by atoms with Crippen molar-refractivity contribution in [3.05, 3.63) is 41.6 Å². The normalized spacial score (nSPS) is 16.0. The summed E-state index contributed by atoms with van der Waals surface area (Å²) >= 11 is 0. The van der Waals surface area contributed by atoms with Gasteiger partial charge in [-0.15, -0.1) is 0 Å². The maximum absolute atomic E-state index is 10.8. The van der Waals surface area contributed by atoms with E-state index in [2.05, 4.69) is 15.4 Å². The number of hydrogen-bond donors (Lipinski definition) is 2. The van der Waals surface area contributed by atoms with Crippen molar-refractivity contribution in [2.24, 2.45) is 0 Å². The highest BCUT2D eigenvalue weighted by atomic mass is 16.5. The number of nitrogens with one attached hydrogen (secondary N) is 1. The molecule has 0 unspecified atom stereocenters. The van der Waals surface area contributed by atoms with Crippen molar-refractivity contribution in [3.63, 3.8) is 0 Å². The number of aromatic carboxylic acids is 1. The summed E-state index contributed by atoms with van der Waals surface area (Å²) in [4.78, 5) is 13.2. The summed E-state index contributed by atoms with van der Waals surface area (Å²) in [5.74, 6) is -0.610. The number of carbonyl (C=O) groups is 1. The van der Waals surface area contributed by atoms with Gasteiger partial charge in [0.15, 0.2) is 11.5 Å². The van der Waals surface area contributed by atoms with Gasteiger partial charge in [-0.2, -0.15) is 0 Å². The molecule has 0 amide bonds. The molecule has 0 atom stereocenters. The number of aromatic nitrogens is 1. The van der Waals surface area contributed by atoms with E-state index in [1.165, 1.54) is 11.6 Å². The van der Waals surface area contributed by atoms with Gasteiger partial charge in [0.1, 0.15) is 0 Å². The van der Waals surface area contributed by atoms with Crippen molar-refractivity contribution in [2.75, 3.05) is 26.2 Å². The Morgan fingerprint density at radius 2 is 2.00 bits per heavy atom. The van der Waals surface area contributed by atoms with E-state index >= 15 is 0 Å². The van der Waals surface area contributed by atoms with Crippen LogP contribution in [-0.4, -0.2) is 47.3 Å². The summed E-state index contributed by atoms with van der Waals surface area (Å²) < 4.78 is 5.05. The lowest BCUT2D eigenvalue weighted by Gasteiger charge is -2.27. The van der Waals surface area contributed by atoms with Crippen LogP contribution in [0.25, 0.3) is 11.3 Å². The SMILES string of the molecule is O=C(O)c1cc(-c2ccc(CN3CCNCC3)cc2)on1. The summed E-state index contributed by atoms with van der Waals surface area (Å²) in [6.45, 7) is 5.12. The minimum atomic E-state index is -1.08. The third-order valence-electron chi connectivity index (χ3n) is 3.58. The first-order chi connectivity index (χ1) is 10.2. The molecule has 3 rings (SSSR count). The standard InChI is InChI=1S/C15H17N3O3/c19-15(20)13-9-14(21-17-13)12-3-1-11(2-4-12)10-18-7-5-16-6-8-18/h1-4,9,16H,5-8,10H2,(H,19,20). The molecule has 0 bridgehead atoms. The lowest BCUT2D eigenvalue weighted by atomic mass is 10.1. The van der Waals surface area contributed by atoms with Gasteiger partial charge in [-0.3, -0.25) is 4.90 Å². The number of rotatable bonds is 4. The molecule has 0 spiro atoms. The average Bonchev–Trinajstić information content (AvgIpc) is 2.99. The quantitative estimate of drug-likeness (QED) is 0.886. The fourth-order valence-electron chi connectivity index (χ4n) is 2.41. The van der Waals surface area contributed by atoms with Crippen LogP contribution >= 0.6 is 0 Å². The monoisotopic (exact) mass is 287 g/mol. The van der Waals surface area contributed by atoms with Crippen LogP contribution in [0.15, 0.2) is 34.9 Å². The van der Waals surface area contributed by atoms with Crippen molar-refractivity contribution < 1.29 is 14.4 Å². The lowest BCUT2D eigenvalue weighted by molar-refractivity contribution is 0.0686. The minimum absolute atomic E-state index is 0.0742. The Morgan fingerprint density at radius 1 is 1.29 bits per heavy atom. The third kappa shape index (κ3) is 3.29. The summed E-state index contributed by atoms with van der Waals surface area (Å²) in [5.41, 5.74) is 1.99. The van der Waals surface area contributed by atoms with E-state index in [1.54, 1.807) is 0 Å². The molecule has 6 heteroatoms. The first-order valence-electron chi connectivity index (χ1n) is 6.95. The van der Waals surface area contributed by atoms with Crippen LogP contribution in [-0.2, 0) is 6.54 Å². The van der Waals surface area contributed by atoms with Gasteiger partial charge in [0.2, 0.25) is 0 Å². The van der Waals surface area contributed by atoms with Crippen molar-refractivity contribution in [1.29, 1.82) is 0 Å². The van der Waals surface area contributed by atoms with E-state index in [0.717, 1.165) is 38.3 Å². The van der Waals surface area contributed by atoms with Crippen molar-refractivity contribution >= 4 is 5.97 Å². The molecule has 1 aromatic heterocycles. The average molecular weight is 287 g/mol. The molecule has 1 aromatic carbocycles. The van der Waals surface area contributed by atoms with Crippen molar-refractivity contribution in [3.8, 4) is 11.3 Å². The lowest BCUT2D eigenvalue weighted by Crippen LogP contribution is -2.42. The number of piperazine rings is 1. The van der Waals surface area contributed by atoms with Gasteiger partial charge in [-0.05, 0) is 5.56 Å². The molecule has 110 valence electrons. The number of nitrogens with zero attached hydrogens (tertiary/aromatic N) is 2. The summed E-state index contributed by atoms with van der Waals surface area (Å²) in [6.07, 6.45) is 0. The van der Waals surface area contributed by atoms with E-state index in [9.17, 15) is 4.79 Å². The molecule has 1 aliphatic heterocycles. The predicted octanol–water partition coefficient (Wildman–Crippen LogP) is 1.45. The molecule has 0 saturated carbocycles. The molecule has 6 nitrogen and oxygen atoms in total. The molecule has 0 aliphatic carbocycles. The second-order valence-electron chi connectivity index (χ2n) is 5.10. The number of carboxylic acid groups (broad SMARTS) is 1. The van der Waals surface area contributed by atoms with Gasteiger partial charge in [-0.25, -0.2) is 4.79 Å². The Bertz CT molecular complexity index is 615. The van der Waals surface area contributed by atoms with Crippen LogP contribution in [0.4, 0.5) is 0 Å². The zero-order valence-electron chi connectivity index (χ0n) is 11.6. The minimum Gasteiger partial charge on any atom is -0.476 e. The molecule has 1 saturated heterocycles. The summed E-state index contributed by atoms with van der Waals surface area (Å²) in [7, 11) is 0. The van der Waals surface area contributed by atoms with Crippen LogP contribution in [0.5, 0.6) is 0 Å². The van der Waals surface area contributed by atoms with Crippen LogP contribution < -0.4 is 5.32 Å². The highest BCUT2D eigenvalue weighted by molar-refractivity contribution is 5.86. The third-order valence-corrected chi connectivity index (χ3v) is 3.58. The number of benzene rings is 1. The van der Waals surface area contributed by atoms with E-state index < -0.39 is 5.97 Å². The van der Waals surface area contributed by atoms with Crippen LogP contribution in [0.3, 0.4) is 0 Å². The highest BCUT2D eigenvalue weighted by Gasteiger charge is 2.13. The van der Waals surface area contributed by atoms with E-state index in [0.29, 0.717) is 5.76 Å². The van der Waals surface area contributed by atoms with Gasteiger partial charge < -0.3 is 14.9 Å². The Labute approximate surface area is 122 Å². The molecule has 2 N–H and O–H groups in total. The van der Waals surface area contributed by atoms with E-state index in [4.69, 9.17) is 9.63 Å². The van der Waals surface area contributed by atoms with Crippen LogP contribution in [0, 0.1) is 0 Å². The topological polar surface area (TPSA) is 78.6 Å². The smallest absolute Gasteiger partial charge is 0.358 e. The van der Waals surface area contributed by atoms with Gasteiger partial charge in [0.25, 0.3) is 0 Å². The first-order valence-corrected chi connectivity index (χ1v) is 6.95. The van der Waals surface area contributed by atoms with Gasteiger partial charge in [-0.1, -0.05) is 29.4 Å². The molecule has 21 heavy (non-hydrogen) atoms. The second-order valence-corrected chi connectivity index (χ2v) is 5.10. The zero-order chi connectivity index (χ0) is 14.7. The highest BCUT2D eigenvalue weighted by Crippen LogP contribution is 2.21. The second kappa shape index (κ2) is 6.07.